The van der Waals surface area contributed by atoms with E-state index in [0.717, 1.165) is 13.0 Å². The van der Waals surface area contributed by atoms with Crippen LogP contribution < -0.4 is 4.74 Å². The summed E-state index contributed by atoms with van der Waals surface area (Å²) >= 11 is 0. The minimum absolute atomic E-state index is 0.193. The molecule has 1 fully saturated rings. The first-order valence-corrected chi connectivity index (χ1v) is 6.37. The highest BCUT2D eigenvalue weighted by Gasteiger charge is 2.10. The summed E-state index contributed by atoms with van der Waals surface area (Å²) in [6, 6.07) is 5.05. The molecule has 0 bridgehead atoms. The lowest BCUT2D eigenvalue weighted by Crippen LogP contribution is -2.21. The van der Waals surface area contributed by atoms with E-state index in [0.29, 0.717) is 17.9 Å². The lowest BCUT2D eigenvalue weighted by Gasteiger charge is -2.14. The molecule has 2 nitrogen and oxygen atoms in total. The van der Waals surface area contributed by atoms with Gasteiger partial charge in [0.2, 0.25) is 0 Å². The minimum atomic E-state index is -0.193. The fourth-order valence-corrected chi connectivity index (χ4v) is 2.15. The number of hydrogen-bond donors (Lipinski definition) is 0. The van der Waals surface area contributed by atoms with E-state index in [-0.39, 0.29) is 5.82 Å². The number of rotatable bonds is 5. The van der Waals surface area contributed by atoms with Crippen LogP contribution >= 0.6 is 0 Å². The molecule has 1 aromatic rings. The van der Waals surface area contributed by atoms with Crippen molar-refractivity contribution in [3.8, 4) is 5.75 Å². The van der Waals surface area contributed by atoms with Gasteiger partial charge in [-0.15, -0.1) is 0 Å². The van der Waals surface area contributed by atoms with E-state index < -0.39 is 0 Å². The fourth-order valence-electron chi connectivity index (χ4n) is 2.15. The van der Waals surface area contributed by atoms with Gasteiger partial charge in [-0.1, -0.05) is 6.07 Å². The molecule has 0 spiro atoms. The average molecular weight is 237 g/mol. The smallest absolute Gasteiger partial charge is 0.129 e. The van der Waals surface area contributed by atoms with Crippen molar-refractivity contribution in [3.05, 3.63) is 29.6 Å². The molecule has 94 valence electrons. The molecule has 17 heavy (non-hydrogen) atoms. The second-order valence-electron chi connectivity index (χ2n) is 4.66. The SMILES string of the molecule is Cc1ccc(OCCCN2CCCC2)cc1F. The molecule has 0 N–H and O–H groups in total. The van der Waals surface area contributed by atoms with E-state index in [1.807, 2.05) is 6.07 Å². The number of aryl methyl sites for hydroxylation is 1. The third kappa shape index (κ3) is 3.70. The average Bonchev–Trinajstić information content (AvgIpc) is 2.82. The second-order valence-corrected chi connectivity index (χ2v) is 4.66. The van der Waals surface area contributed by atoms with Gasteiger partial charge in [0.15, 0.2) is 0 Å². The maximum atomic E-state index is 13.2. The summed E-state index contributed by atoms with van der Waals surface area (Å²) in [6.07, 6.45) is 3.66. The standard InChI is InChI=1S/C14H20FNO/c1-12-5-6-13(11-14(12)15)17-10-4-9-16-7-2-3-8-16/h5-6,11H,2-4,7-10H2,1H3. The van der Waals surface area contributed by atoms with Crippen LogP contribution in [0, 0.1) is 12.7 Å². The first kappa shape index (κ1) is 12.4. The first-order chi connectivity index (χ1) is 8.25. The number of hydrogen-bond acceptors (Lipinski definition) is 2. The van der Waals surface area contributed by atoms with Crippen LogP contribution in [0.15, 0.2) is 18.2 Å². The van der Waals surface area contributed by atoms with Gasteiger partial charge in [-0.3, -0.25) is 0 Å². The van der Waals surface area contributed by atoms with Crippen molar-refractivity contribution >= 4 is 0 Å². The summed E-state index contributed by atoms with van der Waals surface area (Å²) < 4.78 is 18.8. The molecule has 1 aromatic carbocycles. The van der Waals surface area contributed by atoms with Gasteiger partial charge in [-0.2, -0.15) is 0 Å². The molecule has 0 unspecified atom stereocenters. The Kier molecular flexibility index (Phi) is 4.37. The molecule has 1 saturated heterocycles. The Morgan fingerprint density at radius 2 is 2.06 bits per heavy atom. The predicted molar refractivity (Wildman–Crippen MR) is 66.9 cm³/mol. The van der Waals surface area contributed by atoms with Crippen LogP contribution in [-0.4, -0.2) is 31.1 Å². The molecular formula is C14H20FNO. The molecule has 1 aliphatic rings. The molecule has 0 atom stereocenters. The third-order valence-corrected chi connectivity index (χ3v) is 3.23. The van der Waals surface area contributed by atoms with Gasteiger partial charge in [0.1, 0.15) is 11.6 Å². The topological polar surface area (TPSA) is 12.5 Å². The van der Waals surface area contributed by atoms with Crippen molar-refractivity contribution in [2.45, 2.75) is 26.2 Å². The molecular weight excluding hydrogens is 217 g/mol. The Bertz CT molecular complexity index is 361. The quantitative estimate of drug-likeness (QED) is 0.730. The molecule has 1 aliphatic heterocycles. The summed E-state index contributed by atoms with van der Waals surface area (Å²) in [5.74, 6) is 0.441. The van der Waals surface area contributed by atoms with Crippen molar-refractivity contribution in [3.63, 3.8) is 0 Å². The van der Waals surface area contributed by atoms with E-state index in [1.54, 1.807) is 13.0 Å². The fraction of sp³-hybridized carbons (Fsp3) is 0.571. The summed E-state index contributed by atoms with van der Waals surface area (Å²) in [5.41, 5.74) is 0.661. The highest BCUT2D eigenvalue weighted by molar-refractivity contribution is 5.27. The monoisotopic (exact) mass is 237 g/mol. The Morgan fingerprint density at radius 1 is 1.29 bits per heavy atom. The number of ether oxygens (including phenoxy) is 1. The predicted octanol–water partition coefficient (Wildman–Crippen LogP) is 3.00. The number of nitrogens with zero attached hydrogens (tertiary/aromatic N) is 1. The summed E-state index contributed by atoms with van der Waals surface area (Å²) in [4.78, 5) is 2.46. The number of halogens is 1. The molecule has 0 amide bonds. The molecule has 1 heterocycles. The van der Waals surface area contributed by atoms with Crippen molar-refractivity contribution < 1.29 is 9.13 Å². The Morgan fingerprint density at radius 3 is 2.76 bits per heavy atom. The summed E-state index contributed by atoms with van der Waals surface area (Å²) in [6.45, 7) is 5.96. The Labute approximate surface area is 102 Å². The lowest BCUT2D eigenvalue weighted by molar-refractivity contribution is 0.262. The van der Waals surface area contributed by atoms with Crippen LogP contribution in [-0.2, 0) is 0 Å². The van der Waals surface area contributed by atoms with Gasteiger partial charge in [0.05, 0.1) is 6.61 Å². The zero-order chi connectivity index (χ0) is 12.1. The largest absolute Gasteiger partial charge is 0.493 e. The van der Waals surface area contributed by atoms with E-state index in [9.17, 15) is 4.39 Å². The minimum Gasteiger partial charge on any atom is -0.493 e. The van der Waals surface area contributed by atoms with Gasteiger partial charge >= 0.3 is 0 Å². The molecule has 0 radical (unpaired) electrons. The van der Waals surface area contributed by atoms with Crippen molar-refractivity contribution in [2.24, 2.45) is 0 Å². The van der Waals surface area contributed by atoms with Crippen LogP contribution in [0.2, 0.25) is 0 Å². The third-order valence-electron chi connectivity index (χ3n) is 3.23. The van der Waals surface area contributed by atoms with Crippen molar-refractivity contribution in [1.82, 2.24) is 4.90 Å². The van der Waals surface area contributed by atoms with Crippen molar-refractivity contribution in [1.29, 1.82) is 0 Å². The van der Waals surface area contributed by atoms with Gasteiger partial charge in [-0.05, 0) is 50.9 Å². The molecule has 0 aromatic heterocycles. The van der Waals surface area contributed by atoms with Crippen LogP contribution in [0.4, 0.5) is 4.39 Å². The van der Waals surface area contributed by atoms with E-state index in [2.05, 4.69) is 4.90 Å². The summed E-state index contributed by atoms with van der Waals surface area (Å²) in [7, 11) is 0. The van der Waals surface area contributed by atoms with Crippen molar-refractivity contribution in [2.75, 3.05) is 26.2 Å². The zero-order valence-electron chi connectivity index (χ0n) is 10.4. The Balaban J connectivity index is 1.68. The normalized spacial score (nSPS) is 16.4. The van der Waals surface area contributed by atoms with E-state index in [4.69, 9.17) is 4.74 Å². The maximum Gasteiger partial charge on any atom is 0.129 e. The lowest BCUT2D eigenvalue weighted by atomic mass is 10.2. The summed E-state index contributed by atoms with van der Waals surface area (Å²) in [5, 5.41) is 0. The zero-order valence-corrected chi connectivity index (χ0v) is 10.4. The van der Waals surface area contributed by atoms with Crippen LogP contribution in [0.5, 0.6) is 5.75 Å². The van der Waals surface area contributed by atoms with Crippen LogP contribution in [0.25, 0.3) is 0 Å². The molecule has 2 rings (SSSR count). The van der Waals surface area contributed by atoms with Crippen LogP contribution in [0.3, 0.4) is 0 Å². The van der Waals surface area contributed by atoms with E-state index in [1.165, 1.54) is 32.0 Å². The van der Waals surface area contributed by atoms with Gasteiger partial charge in [0, 0.05) is 12.6 Å². The Hall–Kier alpha value is -1.09. The van der Waals surface area contributed by atoms with Gasteiger partial charge in [-0.25, -0.2) is 4.39 Å². The number of likely N-dealkylation sites (tertiary alicyclic amines) is 1. The second kappa shape index (κ2) is 6.01. The molecule has 3 heteroatoms. The maximum absolute atomic E-state index is 13.2. The molecule has 0 aliphatic carbocycles. The molecule has 0 saturated carbocycles. The van der Waals surface area contributed by atoms with Gasteiger partial charge < -0.3 is 9.64 Å². The first-order valence-electron chi connectivity index (χ1n) is 6.37. The van der Waals surface area contributed by atoms with E-state index >= 15 is 0 Å². The van der Waals surface area contributed by atoms with Crippen LogP contribution in [0.1, 0.15) is 24.8 Å². The van der Waals surface area contributed by atoms with Gasteiger partial charge in [0.25, 0.3) is 0 Å². The highest BCUT2D eigenvalue weighted by Crippen LogP contribution is 2.16. The number of benzene rings is 1. The highest BCUT2D eigenvalue weighted by atomic mass is 19.1.